The molecule has 2 aromatic carbocycles. The van der Waals surface area contributed by atoms with Crippen molar-refractivity contribution in [2.45, 2.75) is 26.9 Å². The summed E-state index contributed by atoms with van der Waals surface area (Å²) in [4.78, 5) is 12.4. The molecule has 0 radical (unpaired) electrons. The van der Waals surface area contributed by atoms with E-state index in [9.17, 15) is 4.79 Å². The van der Waals surface area contributed by atoms with Crippen LogP contribution in [0.4, 0.5) is 0 Å². The van der Waals surface area contributed by atoms with Gasteiger partial charge < -0.3 is 9.47 Å². The Morgan fingerprint density at radius 2 is 1.79 bits per heavy atom. The summed E-state index contributed by atoms with van der Waals surface area (Å²) in [6, 6.07) is 17.2. The number of carbonyl (C=O) groups excluding carboxylic acids is 1. The predicted octanol–water partition coefficient (Wildman–Crippen LogP) is 5.12. The molecule has 0 spiro atoms. The Morgan fingerprint density at radius 1 is 1.12 bits per heavy atom. The molecule has 0 N–H and O–H groups in total. The second kappa shape index (κ2) is 6.16. The fraction of sp³-hybridized carbons (Fsp3) is 0.286. The highest BCUT2D eigenvalue weighted by atomic mass is 16.5. The minimum Gasteiger partial charge on any atom is -0.460 e. The molecule has 24 heavy (non-hydrogen) atoms. The largest absolute Gasteiger partial charge is 0.460 e. The molecule has 1 aliphatic rings. The Morgan fingerprint density at radius 3 is 2.42 bits per heavy atom. The summed E-state index contributed by atoms with van der Waals surface area (Å²) in [5.74, 6) is 1.30. The fourth-order valence-electron chi connectivity index (χ4n) is 3.03. The second-order valence-corrected chi connectivity index (χ2v) is 6.87. The average Bonchev–Trinajstić information content (AvgIpc) is 3.17. The van der Waals surface area contributed by atoms with Crippen molar-refractivity contribution < 1.29 is 14.3 Å². The highest BCUT2D eigenvalue weighted by Crippen LogP contribution is 2.64. The summed E-state index contributed by atoms with van der Waals surface area (Å²) >= 11 is 0. The van der Waals surface area contributed by atoms with Gasteiger partial charge in [0.25, 0.3) is 0 Å². The number of hydrogen-bond donors (Lipinski definition) is 0. The van der Waals surface area contributed by atoms with E-state index in [1.54, 1.807) is 6.08 Å². The highest BCUT2D eigenvalue weighted by molar-refractivity contribution is 5.84. The van der Waals surface area contributed by atoms with Crippen LogP contribution in [0.25, 0.3) is 0 Å². The van der Waals surface area contributed by atoms with Gasteiger partial charge in [-0.05, 0) is 41.7 Å². The molecule has 3 heteroatoms. The molecule has 0 heterocycles. The van der Waals surface area contributed by atoms with Gasteiger partial charge in [-0.15, -0.1) is 6.58 Å². The molecule has 1 unspecified atom stereocenters. The molecule has 1 atom stereocenters. The first-order chi connectivity index (χ1) is 11.5. The summed E-state index contributed by atoms with van der Waals surface area (Å²) in [6.45, 7) is 8.16. The number of carbonyl (C=O) groups is 1. The molecule has 2 aromatic rings. The second-order valence-electron chi connectivity index (χ2n) is 6.87. The zero-order valence-electron chi connectivity index (χ0n) is 14.1. The van der Waals surface area contributed by atoms with E-state index in [4.69, 9.17) is 9.47 Å². The van der Waals surface area contributed by atoms with Crippen LogP contribution in [0, 0.1) is 10.8 Å². The summed E-state index contributed by atoms with van der Waals surface area (Å²) in [6.07, 6.45) is 2.52. The van der Waals surface area contributed by atoms with Gasteiger partial charge in [-0.1, -0.05) is 50.3 Å². The third-order valence-electron chi connectivity index (χ3n) is 4.76. The molecule has 3 rings (SSSR count). The molecule has 0 aliphatic heterocycles. The van der Waals surface area contributed by atoms with Gasteiger partial charge in [0, 0.05) is 0 Å². The Hall–Kier alpha value is -2.55. The van der Waals surface area contributed by atoms with Crippen LogP contribution < -0.4 is 4.74 Å². The number of para-hydroxylation sites is 1. The lowest BCUT2D eigenvalue weighted by Gasteiger charge is -2.15. The van der Waals surface area contributed by atoms with E-state index in [0.717, 1.165) is 23.5 Å². The van der Waals surface area contributed by atoms with Crippen LogP contribution in [0.3, 0.4) is 0 Å². The van der Waals surface area contributed by atoms with E-state index in [0.29, 0.717) is 0 Å². The Balaban J connectivity index is 1.63. The maximum absolute atomic E-state index is 12.4. The Kier molecular flexibility index (Phi) is 4.18. The lowest BCUT2D eigenvalue weighted by molar-refractivity contribution is -0.150. The fourth-order valence-corrected chi connectivity index (χ4v) is 3.03. The standard InChI is InChI=1S/C21H22O3/c1-4-21(15-20(21,2)3)19(22)23-14-16-9-8-12-18(13-16)24-17-10-6-5-7-11-17/h4-13H,1,14-15H2,2-3H3. The summed E-state index contributed by atoms with van der Waals surface area (Å²) < 4.78 is 11.3. The lowest BCUT2D eigenvalue weighted by Crippen LogP contribution is -2.21. The normalized spacial score (nSPS) is 20.9. The van der Waals surface area contributed by atoms with E-state index in [1.807, 2.05) is 54.6 Å². The summed E-state index contributed by atoms with van der Waals surface area (Å²) in [5, 5.41) is 0. The number of esters is 1. The van der Waals surface area contributed by atoms with E-state index in [2.05, 4.69) is 20.4 Å². The maximum Gasteiger partial charge on any atom is 0.316 e. The summed E-state index contributed by atoms with van der Waals surface area (Å²) in [7, 11) is 0. The monoisotopic (exact) mass is 322 g/mol. The molecule has 124 valence electrons. The van der Waals surface area contributed by atoms with E-state index in [1.165, 1.54) is 0 Å². The van der Waals surface area contributed by atoms with Gasteiger partial charge in [-0.2, -0.15) is 0 Å². The topological polar surface area (TPSA) is 35.5 Å². The number of rotatable bonds is 6. The summed E-state index contributed by atoms with van der Waals surface area (Å²) in [5.41, 5.74) is 0.296. The van der Waals surface area contributed by atoms with Crippen LogP contribution >= 0.6 is 0 Å². The van der Waals surface area contributed by atoms with Crippen LogP contribution in [-0.2, 0) is 16.1 Å². The molecular weight excluding hydrogens is 300 g/mol. The first-order valence-corrected chi connectivity index (χ1v) is 8.09. The van der Waals surface area contributed by atoms with Crippen molar-refractivity contribution >= 4 is 5.97 Å². The predicted molar refractivity (Wildman–Crippen MR) is 93.8 cm³/mol. The first kappa shape index (κ1) is 16.3. The van der Waals surface area contributed by atoms with Gasteiger partial charge in [-0.3, -0.25) is 4.79 Å². The van der Waals surface area contributed by atoms with Crippen molar-refractivity contribution in [1.82, 2.24) is 0 Å². The highest BCUT2D eigenvalue weighted by Gasteiger charge is 2.65. The molecule has 1 aliphatic carbocycles. The van der Waals surface area contributed by atoms with Crippen molar-refractivity contribution in [1.29, 1.82) is 0 Å². The molecule has 1 fully saturated rings. The SMILES string of the molecule is C=CC1(C(=O)OCc2cccc(Oc3ccccc3)c2)CC1(C)C. The Bertz CT molecular complexity index is 749. The third-order valence-corrected chi connectivity index (χ3v) is 4.76. The zero-order chi connectivity index (χ0) is 17.2. The third kappa shape index (κ3) is 3.07. The molecule has 0 aromatic heterocycles. The van der Waals surface area contributed by atoms with Crippen LogP contribution in [0.2, 0.25) is 0 Å². The van der Waals surface area contributed by atoms with E-state index >= 15 is 0 Å². The zero-order valence-corrected chi connectivity index (χ0v) is 14.1. The molecule has 0 saturated heterocycles. The van der Waals surface area contributed by atoms with Crippen LogP contribution in [0.1, 0.15) is 25.8 Å². The van der Waals surface area contributed by atoms with Crippen LogP contribution in [-0.4, -0.2) is 5.97 Å². The first-order valence-electron chi connectivity index (χ1n) is 8.09. The van der Waals surface area contributed by atoms with E-state index in [-0.39, 0.29) is 18.0 Å². The Labute approximate surface area is 142 Å². The van der Waals surface area contributed by atoms with E-state index < -0.39 is 5.41 Å². The van der Waals surface area contributed by atoms with Crippen molar-refractivity contribution in [2.75, 3.05) is 0 Å². The van der Waals surface area contributed by atoms with Gasteiger partial charge in [0.2, 0.25) is 0 Å². The minimum atomic E-state index is -0.537. The average molecular weight is 322 g/mol. The van der Waals surface area contributed by atoms with Crippen molar-refractivity contribution in [3.63, 3.8) is 0 Å². The molecule has 0 bridgehead atoms. The van der Waals surface area contributed by atoms with Crippen LogP contribution in [0.15, 0.2) is 67.3 Å². The smallest absolute Gasteiger partial charge is 0.316 e. The molecule has 3 nitrogen and oxygen atoms in total. The number of benzene rings is 2. The molecule has 0 amide bonds. The van der Waals surface area contributed by atoms with Gasteiger partial charge in [0.15, 0.2) is 0 Å². The maximum atomic E-state index is 12.4. The molecular formula is C21H22O3. The van der Waals surface area contributed by atoms with Gasteiger partial charge in [-0.25, -0.2) is 0 Å². The number of hydrogen-bond acceptors (Lipinski definition) is 3. The van der Waals surface area contributed by atoms with Crippen molar-refractivity contribution in [3.05, 3.63) is 72.8 Å². The van der Waals surface area contributed by atoms with Gasteiger partial charge in [0.05, 0.1) is 5.41 Å². The quantitative estimate of drug-likeness (QED) is 0.546. The van der Waals surface area contributed by atoms with Gasteiger partial charge in [0.1, 0.15) is 18.1 Å². The minimum absolute atomic E-state index is 0.0654. The molecule has 1 saturated carbocycles. The van der Waals surface area contributed by atoms with Crippen LogP contribution in [0.5, 0.6) is 11.5 Å². The number of ether oxygens (including phenoxy) is 2. The van der Waals surface area contributed by atoms with Crippen molar-refractivity contribution in [3.8, 4) is 11.5 Å². The van der Waals surface area contributed by atoms with Crippen molar-refractivity contribution in [2.24, 2.45) is 10.8 Å². The van der Waals surface area contributed by atoms with Gasteiger partial charge >= 0.3 is 5.97 Å². The lowest BCUT2D eigenvalue weighted by atomic mass is 9.96.